The van der Waals surface area contributed by atoms with Crippen LogP contribution < -0.4 is 10.6 Å². The van der Waals surface area contributed by atoms with Gasteiger partial charge in [0, 0.05) is 18.8 Å². The molecule has 0 unspecified atom stereocenters. The van der Waals surface area contributed by atoms with E-state index >= 15 is 0 Å². The van der Waals surface area contributed by atoms with Gasteiger partial charge < -0.3 is 10.6 Å². The maximum atomic E-state index is 3.53. The predicted molar refractivity (Wildman–Crippen MR) is 63.1 cm³/mol. The van der Waals surface area contributed by atoms with E-state index in [9.17, 15) is 0 Å². The number of rotatable bonds is 4. The lowest BCUT2D eigenvalue weighted by molar-refractivity contribution is 0.639. The zero-order valence-corrected chi connectivity index (χ0v) is 9.05. The summed E-state index contributed by atoms with van der Waals surface area (Å²) in [6, 6.07) is 6.82. The lowest BCUT2D eigenvalue weighted by Crippen LogP contribution is -2.16. The van der Waals surface area contributed by atoms with Crippen molar-refractivity contribution in [1.29, 1.82) is 0 Å². The monoisotopic (exact) mass is 202 g/mol. The molecule has 2 heteroatoms. The van der Waals surface area contributed by atoms with Crippen LogP contribution in [0.2, 0.25) is 0 Å². The average Bonchev–Trinajstić information content (AvgIpc) is 2.95. The highest BCUT2D eigenvalue weighted by atomic mass is 14.9. The van der Waals surface area contributed by atoms with Gasteiger partial charge in [0.15, 0.2) is 0 Å². The Hall–Kier alpha value is -1.02. The molecule has 0 amide bonds. The van der Waals surface area contributed by atoms with Crippen LogP contribution in [0.15, 0.2) is 18.2 Å². The molecule has 0 atom stereocenters. The number of hydrogen-bond donors (Lipinski definition) is 2. The van der Waals surface area contributed by atoms with E-state index in [-0.39, 0.29) is 0 Å². The van der Waals surface area contributed by atoms with Gasteiger partial charge in [-0.2, -0.15) is 0 Å². The van der Waals surface area contributed by atoms with Gasteiger partial charge >= 0.3 is 0 Å². The van der Waals surface area contributed by atoms with Gasteiger partial charge in [-0.15, -0.1) is 0 Å². The van der Waals surface area contributed by atoms with E-state index in [2.05, 4.69) is 28.8 Å². The summed E-state index contributed by atoms with van der Waals surface area (Å²) in [5.74, 6) is 0.970. The lowest BCUT2D eigenvalue weighted by atomic mass is 10.1. The minimum absolute atomic E-state index is 0.970. The first-order valence-corrected chi connectivity index (χ1v) is 5.98. The SMILES string of the molecule is c1cc2c(cc1CNCC1CC1)NCC2. The maximum absolute atomic E-state index is 3.53. The van der Waals surface area contributed by atoms with Crippen molar-refractivity contribution in [3.8, 4) is 0 Å². The van der Waals surface area contributed by atoms with Gasteiger partial charge in [0.2, 0.25) is 0 Å². The molecule has 1 fully saturated rings. The fourth-order valence-electron chi connectivity index (χ4n) is 2.19. The Morgan fingerprint density at radius 3 is 3.13 bits per heavy atom. The Morgan fingerprint density at radius 1 is 1.33 bits per heavy atom. The average molecular weight is 202 g/mol. The van der Waals surface area contributed by atoms with E-state index in [1.165, 1.54) is 42.6 Å². The fourth-order valence-corrected chi connectivity index (χ4v) is 2.19. The summed E-state index contributed by atoms with van der Waals surface area (Å²) in [6.07, 6.45) is 4.04. The largest absolute Gasteiger partial charge is 0.384 e. The Bertz CT molecular complexity index is 356. The Labute approximate surface area is 91.1 Å². The highest BCUT2D eigenvalue weighted by molar-refractivity contribution is 5.56. The molecule has 0 bridgehead atoms. The van der Waals surface area contributed by atoms with Gasteiger partial charge in [-0.1, -0.05) is 12.1 Å². The molecule has 15 heavy (non-hydrogen) atoms. The molecular weight excluding hydrogens is 184 g/mol. The van der Waals surface area contributed by atoms with E-state index in [0.29, 0.717) is 0 Å². The molecule has 0 aromatic heterocycles. The highest BCUT2D eigenvalue weighted by Gasteiger charge is 2.20. The molecule has 1 aromatic rings. The lowest BCUT2D eigenvalue weighted by Gasteiger charge is -2.06. The summed E-state index contributed by atoms with van der Waals surface area (Å²) in [4.78, 5) is 0. The van der Waals surface area contributed by atoms with Gasteiger partial charge in [0.05, 0.1) is 0 Å². The van der Waals surface area contributed by atoms with Crippen molar-refractivity contribution in [2.24, 2.45) is 5.92 Å². The third kappa shape index (κ3) is 2.15. The topological polar surface area (TPSA) is 24.1 Å². The summed E-state index contributed by atoms with van der Waals surface area (Å²) >= 11 is 0. The summed E-state index contributed by atoms with van der Waals surface area (Å²) in [6.45, 7) is 3.32. The minimum Gasteiger partial charge on any atom is -0.384 e. The first-order valence-electron chi connectivity index (χ1n) is 5.98. The first-order chi connectivity index (χ1) is 7.42. The van der Waals surface area contributed by atoms with Crippen LogP contribution in [0.5, 0.6) is 0 Å². The standard InChI is InChI=1S/C13H18N2/c1-2-10(1)8-14-9-11-3-4-12-5-6-15-13(12)7-11/h3-4,7,10,14-15H,1-2,5-6,8-9H2. The Balaban J connectivity index is 1.59. The second kappa shape index (κ2) is 3.86. The van der Waals surface area contributed by atoms with Crippen molar-refractivity contribution >= 4 is 5.69 Å². The van der Waals surface area contributed by atoms with Crippen LogP contribution in [0.1, 0.15) is 24.0 Å². The van der Waals surface area contributed by atoms with Gasteiger partial charge in [0.25, 0.3) is 0 Å². The van der Waals surface area contributed by atoms with Crippen LogP contribution >= 0.6 is 0 Å². The van der Waals surface area contributed by atoms with Crippen LogP contribution in [0.25, 0.3) is 0 Å². The molecule has 1 heterocycles. The molecule has 1 aromatic carbocycles. The number of nitrogens with one attached hydrogen (secondary N) is 2. The summed E-state index contributed by atoms with van der Waals surface area (Å²) in [5, 5.41) is 6.95. The molecule has 2 N–H and O–H groups in total. The predicted octanol–water partition coefficient (Wildman–Crippen LogP) is 2.15. The molecular formula is C13H18N2. The number of anilines is 1. The second-order valence-corrected chi connectivity index (χ2v) is 4.74. The van der Waals surface area contributed by atoms with Crippen LogP contribution in [0.4, 0.5) is 5.69 Å². The van der Waals surface area contributed by atoms with Crippen molar-refractivity contribution in [2.45, 2.75) is 25.8 Å². The van der Waals surface area contributed by atoms with E-state index < -0.39 is 0 Å². The number of fused-ring (bicyclic) bond motifs is 1. The van der Waals surface area contributed by atoms with Crippen LogP contribution in [-0.4, -0.2) is 13.1 Å². The normalized spacial score (nSPS) is 18.7. The molecule has 1 aliphatic carbocycles. The minimum atomic E-state index is 0.970. The van der Waals surface area contributed by atoms with Crippen molar-refractivity contribution in [2.75, 3.05) is 18.4 Å². The second-order valence-electron chi connectivity index (χ2n) is 4.74. The molecule has 0 radical (unpaired) electrons. The summed E-state index contributed by atoms with van der Waals surface area (Å²) in [5.41, 5.74) is 4.23. The molecule has 1 saturated carbocycles. The van der Waals surface area contributed by atoms with E-state index in [1.54, 1.807) is 0 Å². The Morgan fingerprint density at radius 2 is 2.27 bits per heavy atom. The van der Waals surface area contributed by atoms with E-state index in [0.717, 1.165) is 19.0 Å². The zero-order chi connectivity index (χ0) is 10.1. The van der Waals surface area contributed by atoms with Crippen molar-refractivity contribution in [3.63, 3.8) is 0 Å². The third-order valence-electron chi connectivity index (χ3n) is 3.34. The van der Waals surface area contributed by atoms with E-state index in [1.807, 2.05) is 0 Å². The molecule has 2 nitrogen and oxygen atoms in total. The third-order valence-corrected chi connectivity index (χ3v) is 3.34. The van der Waals surface area contributed by atoms with E-state index in [4.69, 9.17) is 0 Å². The fraction of sp³-hybridized carbons (Fsp3) is 0.538. The molecule has 0 spiro atoms. The van der Waals surface area contributed by atoms with Gasteiger partial charge in [0.1, 0.15) is 0 Å². The van der Waals surface area contributed by atoms with Crippen molar-refractivity contribution in [3.05, 3.63) is 29.3 Å². The first kappa shape index (κ1) is 9.22. The van der Waals surface area contributed by atoms with Gasteiger partial charge in [-0.25, -0.2) is 0 Å². The summed E-state index contributed by atoms with van der Waals surface area (Å²) < 4.78 is 0. The molecule has 0 saturated heterocycles. The summed E-state index contributed by atoms with van der Waals surface area (Å²) in [7, 11) is 0. The molecule has 3 rings (SSSR count). The molecule has 2 aliphatic rings. The molecule has 1 aliphatic heterocycles. The number of benzene rings is 1. The van der Waals surface area contributed by atoms with Crippen LogP contribution in [-0.2, 0) is 13.0 Å². The van der Waals surface area contributed by atoms with Gasteiger partial charge in [-0.3, -0.25) is 0 Å². The highest BCUT2D eigenvalue weighted by Crippen LogP contribution is 2.28. The Kier molecular flexibility index (Phi) is 2.37. The van der Waals surface area contributed by atoms with Crippen molar-refractivity contribution in [1.82, 2.24) is 5.32 Å². The van der Waals surface area contributed by atoms with Crippen LogP contribution in [0, 0.1) is 5.92 Å². The molecule has 80 valence electrons. The quantitative estimate of drug-likeness (QED) is 0.781. The van der Waals surface area contributed by atoms with Gasteiger partial charge in [-0.05, 0) is 48.9 Å². The number of hydrogen-bond acceptors (Lipinski definition) is 2. The smallest absolute Gasteiger partial charge is 0.0376 e. The zero-order valence-electron chi connectivity index (χ0n) is 9.05. The van der Waals surface area contributed by atoms with Crippen LogP contribution in [0.3, 0.4) is 0 Å². The van der Waals surface area contributed by atoms with Crippen molar-refractivity contribution < 1.29 is 0 Å². The maximum Gasteiger partial charge on any atom is 0.0376 e.